The molecule has 0 spiro atoms. The number of benzene rings is 1. The predicted octanol–water partition coefficient (Wildman–Crippen LogP) is -0.0285. The topological polar surface area (TPSA) is 86.6 Å². The van der Waals surface area contributed by atoms with Gasteiger partial charge in [-0.05, 0) is 24.3 Å². The molecule has 0 aliphatic heterocycles. The molecule has 0 aromatic heterocycles. The Morgan fingerprint density at radius 3 is 2.38 bits per heavy atom. The van der Waals surface area contributed by atoms with E-state index in [1.165, 1.54) is 24.3 Å². The van der Waals surface area contributed by atoms with Gasteiger partial charge in [0.05, 0.1) is 17.6 Å². The van der Waals surface area contributed by atoms with E-state index >= 15 is 0 Å². The normalized spacial score (nSPS) is 13.7. The Labute approximate surface area is 98.7 Å². The summed E-state index contributed by atoms with van der Waals surface area (Å²) >= 11 is 5.62. The summed E-state index contributed by atoms with van der Waals surface area (Å²) in [5.41, 5.74) is 0. The zero-order valence-corrected chi connectivity index (χ0v) is 9.87. The molecular formula is C9H12ClNO4S. The van der Waals surface area contributed by atoms with Crippen LogP contribution in [0.2, 0.25) is 5.02 Å². The highest BCUT2D eigenvalue weighted by Crippen LogP contribution is 2.13. The molecule has 0 heterocycles. The minimum Gasteiger partial charge on any atom is -0.394 e. The lowest BCUT2D eigenvalue weighted by Crippen LogP contribution is -2.33. The summed E-state index contributed by atoms with van der Waals surface area (Å²) in [5.74, 6) is 0. The fraction of sp³-hybridized carbons (Fsp3) is 0.333. The summed E-state index contributed by atoms with van der Waals surface area (Å²) < 4.78 is 25.4. The molecule has 1 aromatic carbocycles. The first-order chi connectivity index (χ1) is 7.45. The SMILES string of the molecule is O=S(=O)(NC[C@@H](O)CO)c1ccc(Cl)cc1. The molecule has 0 radical (unpaired) electrons. The Morgan fingerprint density at radius 2 is 1.88 bits per heavy atom. The van der Waals surface area contributed by atoms with E-state index in [1.807, 2.05) is 0 Å². The van der Waals surface area contributed by atoms with Crippen molar-refractivity contribution >= 4 is 21.6 Å². The van der Waals surface area contributed by atoms with Crippen molar-refractivity contribution in [2.45, 2.75) is 11.0 Å². The lowest BCUT2D eigenvalue weighted by Gasteiger charge is -2.09. The number of hydrogen-bond acceptors (Lipinski definition) is 4. The van der Waals surface area contributed by atoms with Crippen LogP contribution in [0.1, 0.15) is 0 Å². The number of halogens is 1. The van der Waals surface area contributed by atoms with Gasteiger partial charge in [0.25, 0.3) is 0 Å². The predicted molar refractivity (Wildman–Crippen MR) is 59.7 cm³/mol. The molecule has 0 unspecified atom stereocenters. The number of rotatable bonds is 5. The van der Waals surface area contributed by atoms with Crippen molar-refractivity contribution < 1.29 is 18.6 Å². The van der Waals surface area contributed by atoms with Gasteiger partial charge in [-0.2, -0.15) is 0 Å². The summed E-state index contributed by atoms with van der Waals surface area (Å²) in [6.45, 7) is -0.732. The summed E-state index contributed by atoms with van der Waals surface area (Å²) in [6, 6.07) is 5.63. The molecule has 1 aromatic rings. The van der Waals surface area contributed by atoms with Crippen LogP contribution in [0.3, 0.4) is 0 Å². The fourth-order valence-corrected chi connectivity index (χ4v) is 2.17. The van der Waals surface area contributed by atoms with E-state index in [0.29, 0.717) is 5.02 Å². The van der Waals surface area contributed by atoms with E-state index in [9.17, 15) is 8.42 Å². The van der Waals surface area contributed by atoms with Gasteiger partial charge in [0.15, 0.2) is 0 Å². The van der Waals surface area contributed by atoms with Crippen molar-refractivity contribution in [2.24, 2.45) is 0 Å². The van der Waals surface area contributed by atoms with E-state index in [1.54, 1.807) is 0 Å². The van der Waals surface area contributed by atoms with Crippen LogP contribution in [0.5, 0.6) is 0 Å². The Kier molecular flexibility index (Phi) is 4.69. The third kappa shape index (κ3) is 3.73. The van der Waals surface area contributed by atoms with Crippen LogP contribution in [-0.4, -0.2) is 37.9 Å². The first kappa shape index (κ1) is 13.4. The zero-order valence-electron chi connectivity index (χ0n) is 8.30. The van der Waals surface area contributed by atoms with Crippen molar-refractivity contribution in [3.8, 4) is 0 Å². The lowest BCUT2D eigenvalue weighted by atomic mass is 10.4. The second-order valence-corrected chi connectivity index (χ2v) is 5.35. The quantitative estimate of drug-likeness (QED) is 0.698. The highest BCUT2D eigenvalue weighted by molar-refractivity contribution is 7.89. The minimum atomic E-state index is -3.66. The first-order valence-corrected chi connectivity index (χ1v) is 6.36. The van der Waals surface area contributed by atoms with Crippen molar-refractivity contribution in [3.63, 3.8) is 0 Å². The Balaban J connectivity index is 2.74. The molecule has 0 saturated heterocycles. The van der Waals surface area contributed by atoms with Crippen LogP contribution >= 0.6 is 11.6 Å². The summed E-state index contributed by atoms with van der Waals surface area (Å²) in [4.78, 5) is 0.0574. The standard InChI is InChI=1S/C9H12ClNO4S/c10-7-1-3-9(4-2-7)16(14,15)11-5-8(13)6-12/h1-4,8,11-13H,5-6H2/t8-/m1/s1. The summed E-state index contributed by atoms with van der Waals surface area (Å²) in [6.07, 6.45) is -1.11. The van der Waals surface area contributed by atoms with Gasteiger partial charge in [-0.1, -0.05) is 11.6 Å². The van der Waals surface area contributed by atoms with Crippen LogP contribution in [0, 0.1) is 0 Å². The molecule has 1 rings (SSSR count). The third-order valence-electron chi connectivity index (χ3n) is 1.84. The molecule has 0 aliphatic carbocycles. The van der Waals surface area contributed by atoms with Gasteiger partial charge in [-0.15, -0.1) is 0 Å². The third-order valence-corrected chi connectivity index (χ3v) is 3.54. The molecule has 1 atom stereocenters. The van der Waals surface area contributed by atoms with Gasteiger partial charge >= 0.3 is 0 Å². The summed E-state index contributed by atoms with van der Waals surface area (Å²) in [5, 5.41) is 18.0. The van der Waals surface area contributed by atoms with E-state index in [2.05, 4.69) is 4.72 Å². The Hall–Kier alpha value is -0.660. The molecule has 5 nitrogen and oxygen atoms in total. The molecule has 0 bridgehead atoms. The highest BCUT2D eigenvalue weighted by atomic mass is 35.5. The molecule has 0 fully saturated rings. The fourth-order valence-electron chi connectivity index (χ4n) is 0.968. The molecule has 0 saturated carbocycles. The molecule has 0 aliphatic rings. The van der Waals surface area contributed by atoms with Gasteiger partial charge in [-0.3, -0.25) is 0 Å². The van der Waals surface area contributed by atoms with E-state index in [4.69, 9.17) is 21.8 Å². The van der Waals surface area contributed by atoms with Gasteiger partial charge in [0, 0.05) is 11.6 Å². The van der Waals surface area contributed by atoms with Crippen LogP contribution in [0.15, 0.2) is 29.2 Å². The number of nitrogens with one attached hydrogen (secondary N) is 1. The largest absolute Gasteiger partial charge is 0.394 e. The first-order valence-electron chi connectivity index (χ1n) is 4.50. The lowest BCUT2D eigenvalue weighted by molar-refractivity contribution is 0.0988. The Morgan fingerprint density at radius 1 is 1.31 bits per heavy atom. The van der Waals surface area contributed by atoms with Crippen LogP contribution in [0.25, 0.3) is 0 Å². The van der Waals surface area contributed by atoms with Gasteiger partial charge in [0.2, 0.25) is 10.0 Å². The minimum absolute atomic E-state index is 0.0574. The average molecular weight is 266 g/mol. The zero-order chi connectivity index (χ0) is 12.2. The van der Waals surface area contributed by atoms with E-state index in [-0.39, 0.29) is 11.4 Å². The number of aliphatic hydroxyl groups excluding tert-OH is 2. The maximum Gasteiger partial charge on any atom is 0.240 e. The van der Waals surface area contributed by atoms with Gasteiger partial charge in [-0.25, -0.2) is 13.1 Å². The van der Waals surface area contributed by atoms with Crippen LogP contribution in [0.4, 0.5) is 0 Å². The van der Waals surface area contributed by atoms with Crippen molar-refractivity contribution in [2.75, 3.05) is 13.2 Å². The number of aliphatic hydroxyl groups is 2. The van der Waals surface area contributed by atoms with Gasteiger partial charge in [0.1, 0.15) is 0 Å². The Bertz CT molecular complexity index is 431. The molecule has 90 valence electrons. The monoisotopic (exact) mass is 265 g/mol. The molecule has 7 heteroatoms. The molecule has 0 amide bonds. The van der Waals surface area contributed by atoms with E-state index < -0.39 is 22.7 Å². The second kappa shape index (κ2) is 5.60. The molecular weight excluding hydrogens is 254 g/mol. The average Bonchev–Trinajstić information content (AvgIpc) is 2.26. The van der Waals surface area contributed by atoms with Gasteiger partial charge < -0.3 is 10.2 Å². The molecule has 16 heavy (non-hydrogen) atoms. The maximum atomic E-state index is 11.6. The van der Waals surface area contributed by atoms with Crippen LogP contribution in [-0.2, 0) is 10.0 Å². The highest BCUT2D eigenvalue weighted by Gasteiger charge is 2.14. The van der Waals surface area contributed by atoms with Crippen molar-refractivity contribution in [1.29, 1.82) is 0 Å². The maximum absolute atomic E-state index is 11.6. The summed E-state index contributed by atoms with van der Waals surface area (Å²) in [7, 11) is -3.66. The number of sulfonamides is 1. The molecule has 3 N–H and O–H groups in total. The van der Waals surface area contributed by atoms with Crippen molar-refractivity contribution in [1.82, 2.24) is 4.72 Å². The van der Waals surface area contributed by atoms with Crippen LogP contribution < -0.4 is 4.72 Å². The smallest absolute Gasteiger partial charge is 0.240 e. The van der Waals surface area contributed by atoms with E-state index in [0.717, 1.165) is 0 Å². The second-order valence-electron chi connectivity index (χ2n) is 3.14. The number of hydrogen-bond donors (Lipinski definition) is 3. The van der Waals surface area contributed by atoms with Crippen molar-refractivity contribution in [3.05, 3.63) is 29.3 Å².